The summed E-state index contributed by atoms with van der Waals surface area (Å²) in [6, 6.07) is 1.61. The van der Waals surface area contributed by atoms with Gasteiger partial charge in [-0.25, -0.2) is 14.3 Å². The molecule has 0 radical (unpaired) electrons. The maximum absolute atomic E-state index is 11.9. The lowest BCUT2D eigenvalue weighted by molar-refractivity contribution is 0.0528. The normalized spacial score (nSPS) is 12.6. The van der Waals surface area contributed by atoms with Crippen molar-refractivity contribution in [3.05, 3.63) is 29.2 Å². The van der Waals surface area contributed by atoms with Crippen molar-refractivity contribution in [2.24, 2.45) is 21.6 Å². The van der Waals surface area contributed by atoms with Gasteiger partial charge in [0.25, 0.3) is 5.96 Å². The van der Waals surface area contributed by atoms with E-state index >= 15 is 0 Å². The molecule has 0 bridgehead atoms. The standard InChI is InChI=1S/C12H15N7O3/c1-3-22-11(20)7-5-15-19-6(2)4-8(16-10(7)19)9(13)17-12(14)18-21/h4-5,21H,3H2,1-2H3,(H4,13,14,17,18). The van der Waals surface area contributed by atoms with Gasteiger partial charge in [-0.3, -0.25) is 0 Å². The molecule has 0 saturated heterocycles. The number of nitrogens with two attached hydrogens (primary N) is 2. The summed E-state index contributed by atoms with van der Waals surface area (Å²) < 4.78 is 6.43. The average Bonchev–Trinajstić information content (AvgIpc) is 2.91. The molecule has 2 aromatic rings. The number of esters is 1. The van der Waals surface area contributed by atoms with Gasteiger partial charge in [-0.2, -0.15) is 10.1 Å². The predicted octanol–water partition coefficient (Wildman–Crippen LogP) is -0.376. The van der Waals surface area contributed by atoms with E-state index in [-0.39, 0.29) is 29.3 Å². The Morgan fingerprint density at radius 1 is 1.50 bits per heavy atom. The summed E-state index contributed by atoms with van der Waals surface area (Å²) in [4.78, 5) is 19.8. The van der Waals surface area contributed by atoms with Gasteiger partial charge in [-0.05, 0) is 25.1 Å². The van der Waals surface area contributed by atoms with E-state index < -0.39 is 11.9 Å². The highest BCUT2D eigenvalue weighted by molar-refractivity contribution is 6.04. The highest BCUT2D eigenvalue weighted by Crippen LogP contribution is 2.13. The molecule has 0 aliphatic rings. The first-order valence-corrected chi connectivity index (χ1v) is 6.32. The predicted molar refractivity (Wildman–Crippen MR) is 77.8 cm³/mol. The lowest BCUT2D eigenvalue weighted by Gasteiger charge is -2.05. The number of ether oxygens (including phenoxy) is 1. The summed E-state index contributed by atoms with van der Waals surface area (Å²) in [5.41, 5.74) is 12.5. The van der Waals surface area contributed by atoms with Crippen molar-refractivity contribution < 1.29 is 14.7 Å². The molecule has 0 unspecified atom stereocenters. The fourth-order valence-corrected chi connectivity index (χ4v) is 1.80. The van der Waals surface area contributed by atoms with Crippen molar-refractivity contribution in [2.75, 3.05) is 6.61 Å². The number of hydrogen-bond acceptors (Lipinski definition) is 6. The first kappa shape index (κ1) is 15.2. The number of aromatic nitrogens is 3. The molecule has 116 valence electrons. The van der Waals surface area contributed by atoms with E-state index in [0.717, 1.165) is 0 Å². The molecule has 2 aromatic heterocycles. The van der Waals surface area contributed by atoms with Crippen molar-refractivity contribution in [1.82, 2.24) is 14.6 Å². The number of hydrogen-bond donors (Lipinski definition) is 3. The molecular weight excluding hydrogens is 290 g/mol. The average molecular weight is 305 g/mol. The molecule has 0 saturated carbocycles. The summed E-state index contributed by atoms with van der Waals surface area (Å²) in [7, 11) is 0. The Balaban J connectivity index is 2.58. The molecule has 5 N–H and O–H groups in total. The topological polar surface area (TPSA) is 153 Å². The fraction of sp³-hybridized carbons (Fsp3) is 0.250. The van der Waals surface area contributed by atoms with Crippen LogP contribution in [0, 0.1) is 6.92 Å². The number of aryl methyl sites for hydroxylation is 1. The van der Waals surface area contributed by atoms with Crippen LogP contribution in [0.2, 0.25) is 0 Å². The minimum Gasteiger partial charge on any atom is -0.462 e. The second-order valence-electron chi connectivity index (χ2n) is 4.25. The Bertz CT molecular complexity index is 778. The third kappa shape index (κ3) is 2.80. The molecule has 2 heterocycles. The van der Waals surface area contributed by atoms with Crippen LogP contribution in [0.15, 0.2) is 22.4 Å². The lowest BCUT2D eigenvalue weighted by atomic mass is 10.3. The Labute approximate surface area is 125 Å². The van der Waals surface area contributed by atoms with E-state index in [0.29, 0.717) is 5.69 Å². The minimum absolute atomic E-state index is 0.0584. The highest BCUT2D eigenvalue weighted by atomic mass is 16.5. The maximum Gasteiger partial charge on any atom is 0.343 e. The monoisotopic (exact) mass is 305 g/mol. The third-order valence-electron chi connectivity index (χ3n) is 2.75. The molecule has 10 heteroatoms. The zero-order valence-electron chi connectivity index (χ0n) is 12.0. The van der Waals surface area contributed by atoms with Crippen molar-refractivity contribution in [1.29, 1.82) is 0 Å². The quantitative estimate of drug-likeness (QED) is 0.230. The van der Waals surface area contributed by atoms with E-state index in [9.17, 15) is 4.79 Å². The second kappa shape index (κ2) is 6.08. The number of rotatable bonds is 3. The number of oxime groups is 1. The molecule has 22 heavy (non-hydrogen) atoms. The van der Waals surface area contributed by atoms with E-state index in [1.165, 1.54) is 10.7 Å². The van der Waals surface area contributed by atoms with Crippen LogP contribution < -0.4 is 11.5 Å². The smallest absolute Gasteiger partial charge is 0.343 e. The Hall–Kier alpha value is -3.17. The van der Waals surface area contributed by atoms with Crippen LogP contribution in [0.4, 0.5) is 0 Å². The number of amidine groups is 1. The van der Waals surface area contributed by atoms with Gasteiger partial charge in [0, 0.05) is 5.69 Å². The van der Waals surface area contributed by atoms with E-state index in [2.05, 4.69) is 20.2 Å². The Morgan fingerprint density at radius 2 is 2.23 bits per heavy atom. The molecule has 0 spiro atoms. The second-order valence-corrected chi connectivity index (χ2v) is 4.25. The zero-order valence-corrected chi connectivity index (χ0v) is 12.0. The summed E-state index contributed by atoms with van der Waals surface area (Å²) in [5.74, 6) is -0.999. The van der Waals surface area contributed by atoms with Gasteiger partial charge in [0.1, 0.15) is 11.3 Å². The molecule has 0 atom stereocenters. The number of guanidine groups is 1. The zero-order chi connectivity index (χ0) is 16.3. The number of fused-ring (bicyclic) bond motifs is 1. The Morgan fingerprint density at radius 3 is 2.86 bits per heavy atom. The van der Waals surface area contributed by atoms with E-state index in [1.807, 2.05) is 0 Å². The van der Waals surface area contributed by atoms with Crippen LogP contribution in [0.3, 0.4) is 0 Å². The van der Waals surface area contributed by atoms with Crippen molar-refractivity contribution in [3.63, 3.8) is 0 Å². The van der Waals surface area contributed by atoms with Crippen molar-refractivity contribution >= 4 is 23.4 Å². The molecule has 2 rings (SSSR count). The summed E-state index contributed by atoms with van der Waals surface area (Å²) in [5, 5.41) is 15.3. The van der Waals surface area contributed by atoms with Crippen LogP contribution in [-0.2, 0) is 4.74 Å². The van der Waals surface area contributed by atoms with Gasteiger partial charge in [-0.15, -0.1) is 0 Å². The van der Waals surface area contributed by atoms with Crippen LogP contribution >= 0.6 is 0 Å². The first-order valence-electron chi connectivity index (χ1n) is 6.32. The van der Waals surface area contributed by atoms with Gasteiger partial charge in [0.15, 0.2) is 11.5 Å². The molecule has 0 amide bonds. The van der Waals surface area contributed by atoms with Crippen LogP contribution in [0.25, 0.3) is 5.65 Å². The summed E-state index contributed by atoms with van der Waals surface area (Å²) >= 11 is 0. The molecular formula is C12H15N7O3. The van der Waals surface area contributed by atoms with E-state index in [4.69, 9.17) is 21.4 Å². The number of carbonyl (C=O) groups excluding carboxylic acids is 1. The van der Waals surface area contributed by atoms with Crippen LogP contribution in [0.1, 0.15) is 28.7 Å². The number of aliphatic imine (C=N–C) groups is 1. The molecule has 10 nitrogen and oxygen atoms in total. The lowest BCUT2D eigenvalue weighted by Crippen LogP contribution is -2.21. The van der Waals surface area contributed by atoms with Crippen LogP contribution in [0.5, 0.6) is 0 Å². The molecule has 0 fully saturated rings. The SMILES string of the molecule is CCOC(=O)c1cnn2c(C)cc(/C(N)=N/C(N)=N/O)nc12. The number of nitrogens with zero attached hydrogens (tertiary/aromatic N) is 5. The Kier molecular flexibility index (Phi) is 4.20. The van der Waals surface area contributed by atoms with Gasteiger partial charge < -0.3 is 21.4 Å². The van der Waals surface area contributed by atoms with Crippen molar-refractivity contribution in [2.45, 2.75) is 13.8 Å². The van der Waals surface area contributed by atoms with Gasteiger partial charge in [0.2, 0.25) is 0 Å². The van der Waals surface area contributed by atoms with E-state index in [1.54, 1.807) is 19.9 Å². The minimum atomic E-state index is -0.534. The maximum atomic E-state index is 11.9. The van der Waals surface area contributed by atoms with Crippen molar-refractivity contribution in [3.8, 4) is 0 Å². The summed E-state index contributed by atoms with van der Waals surface area (Å²) in [6.07, 6.45) is 1.37. The van der Waals surface area contributed by atoms with Crippen LogP contribution in [-0.4, -0.2) is 44.2 Å². The number of carbonyl (C=O) groups is 1. The molecule has 0 aromatic carbocycles. The molecule has 0 aliphatic heterocycles. The molecule has 0 aliphatic carbocycles. The van der Waals surface area contributed by atoms with Gasteiger partial charge >= 0.3 is 5.97 Å². The largest absolute Gasteiger partial charge is 0.462 e. The summed E-state index contributed by atoms with van der Waals surface area (Å²) in [6.45, 7) is 3.70. The highest BCUT2D eigenvalue weighted by Gasteiger charge is 2.17. The third-order valence-corrected chi connectivity index (χ3v) is 2.75. The van der Waals surface area contributed by atoms with Gasteiger partial charge in [0.05, 0.1) is 12.8 Å². The fourth-order valence-electron chi connectivity index (χ4n) is 1.80. The van der Waals surface area contributed by atoms with Gasteiger partial charge in [-0.1, -0.05) is 0 Å². The first-order chi connectivity index (χ1) is 10.5.